The molecule has 48 heavy (non-hydrogen) atoms. The molecular formula is C44H28BNO2. The van der Waals surface area contributed by atoms with Gasteiger partial charge in [0, 0.05) is 28.3 Å². The summed E-state index contributed by atoms with van der Waals surface area (Å²) in [6, 6.07) is 60.1. The minimum Gasteiger partial charge on any atom is -0.458 e. The Morgan fingerprint density at radius 3 is 1.75 bits per heavy atom. The summed E-state index contributed by atoms with van der Waals surface area (Å²) in [7, 11) is 0. The van der Waals surface area contributed by atoms with Gasteiger partial charge in [-0.05, 0) is 86.7 Å². The fourth-order valence-corrected chi connectivity index (χ4v) is 7.60. The third kappa shape index (κ3) is 4.16. The summed E-state index contributed by atoms with van der Waals surface area (Å²) >= 11 is 0. The van der Waals surface area contributed by atoms with Gasteiger partial charge in [0.15, 0.2) is 0 Å². The predicted molar refractivity (Wildman–Crippen MR) is 199 cm³/mol. The van der Waals surface area contributed by atoms with Crippen LogP contribution in [0.4, 0.5) is 17.1 Å². The summed E-state index contributed by atoms with van der Waals surface area (Å²) in [5.74, 6) is 3.42. The average molecular weight is 614 g/mol. The third-order valence-corrected chi connectivity index (χ3v) is 9.74. The van der Waals surface area contributed by atoms with Crippen LogP contribution < -0.4 is 30.8 Å². The third-order valence-electron chi connectivity index (χ3n) is 9.74. The lowest BCUT2D eigenvalue weighted by Crippen LogP contribution is -2.57. The lowest BCUT2D eigenvalue weighted by molar-refractivity contribution is 0.465. The van der Waals surface area contributed by atoms with E-state index in [-0.39, 0.29) is 6.71 Å². The highest BCUT2D eigenvalue weighted by Gasteiger charge is 2.41. The van der Waals surface area contributed by atoms with Crippen LogP contribution in [0.2, 0.25) is 0 Å². The normalized spacial score (nSPS) is 12.5. The number of nitrogens with zero attached hydrogens (tertiary/aromatic N) is 1. The smallest absolute Gasteiger partial charge is 0.261 e. The molecule has 8 aromatic rings. The maximum absolute atomic E-state index is 6.87. The topological polar surface area (TPSA) is 21.7 Å². The molecule has 0 radical (unpaired) electrons. The van der Waals surface area contributed by atoms with Crippen LogP contribution in [-0.4, -0.2) is 6.71 Å². The molecule has 0 N–H and O–H groups in total. The van der Waals surface area contributed by atoms with Gasteiger partial charge in [0.05, 0.1) is 5.69 Å². The number of para-hydroxylation sites is 2. The fourth-order valence-electron chi connectivity index (χ4n) is 7.60. The Bertz CT molecular complexity index is 2490. The molecule has 0 unspecified atom stereocenters. The van der Waals surface area contributed by atoms with Crippen molar-refractivity contribution in [2.45, 2.75) is 0 Å². The minimum absolute atomic E-state index is 0.0649. The van der Waals surface area contributed by atoms with Crippen molar-refractivity contribution in [2.75, 3.05) is 4.90 Å². The lowest BCUT2D eigenvalue weighted by Gasteiger charge is -2.35. The zero-order valence-corrected chi connectivity index (χ0v) is 26.0. The second kappa shape index (κ2) is 10.6. The summed E-state index contributed by atoms with van der Waals surface area (Å²) in [6.45, 7) is -0.0649. The summed E-state index contributed by atoms with van der Waals surface area (Å²) < 4.78 is 13.5. The van der Waals surface area contributed by atoms with Gasteiger partial charge in [0.25, 0.3) is 6.71 Å². The molecule has 0 aromatic heterocycles. The number of ether oxygens (including phenoxy) is 2. The Morgan fingerprint density at radius 2 is 1.00 bits per heavy atom. The van der Waals surface area contributed by atoms with Crippen molar-refractivity contribution in [3.8, 4) is 34.1 Å². The lowest BCUT2D eigenvalue weighted by atomic mass is 9.34. The highest BCUT2D eigenvalue weighted by Crippen LogP contribution is 2.44. The number of benzene rings is 8. The molecule has 0 saturated carbocycles. The van der Waals surface area contributed by atoms with Crippen molar-refractivity contribution in [1.82, 2.24) is 0 Å². The van der Waals surface area contributed by atoms with E-state index < -0.39 is 0 Å². The molecule has 2 heterocycles. The molecule has 10 rings (SSSR count). The van der Waals surface area contributed by atoms with E-state index in [0.29, 0.717) is 0 Å². The van der Waals surface area contributed by atoms with Gasteiger partial charge in [0.1, 0.15) is 23.0 Å². The van der Waals surface area contributed by atoms with Crippen molar-refractivity contribution in [3.63, 3.8) is 0 Å². The Hall–Kier alpha value is -6.26. The van der Waals surface area contributed by atoms with Crippen molar-refractivity contribution in [3.05, 3.63) is 170 Å². The minimum atomic E-state index is -0.0649. The van der Waals surface area contributed by atoms with Gasteiger partial charge in [-0.25, -0.2) is 0 Å². The molecule has 0 atom stereocenters. The molecule has 224 valence electrons. The van der Waals surface area contributed by atoms with Crippen LogP contribution in [-0.2, 0) is 0 Å². The first kappa shape index (κ1) is 26.9. The molecule has 0 fully saturated rings. The van der Waals surface area contributed by atoms with E-state index in [1.165, 1.54) is 16.3 Å². The highest BCUT2D eigenvalue weighted by molar-refractivity contribution is 6.99. The summed E-state index contributed by atoms with van der Waals surface area (Å²) in [6.07, 6.45) is 0. The monoisotopic (exact) mass is 613 g/mol. The van der Waals surface area contributed by atoms with Crippen molar-refractivity contribution in [1.29, 1.82) is 0 Å². The number of anilines is 3. The molecule has 0 spiro atoms. The number of fused-ring (bicyclic) bond motifs is 7. The van der Waals surface area contributed by atoms with Gasteiger partial charge in [0.2, 0.25) is 0 Å². The van der Waals surface area contributed by atoms with Crippen LogP contribution in [0.15, 0.2) is 170 Å². The molecule has 2 aliphatic heterocycles. The Kier molecular flexibility index (Phi) is 5.97. The SMILES string of the molecule is c1ccc(N(c2ccccc2)c2cc3c(c4ccccc24)B2c4cc(-c5ccc6ccccc6c5)ccc4Oc4cccc(c42)O3)cc1. The Labute approximate surface area is 279 Å². The largest absolute Gasteiger partial charge is 0.458 e. The van der Waals surface area contributed by atoms with E-state index in [0.717, 1.165) is 72.8 Å². The predicted octanol–water partition coefficient (Wildman–Crippen LogP) is 9.86. The molecule has 3 nitrogen and oxygen atoms in total. The summed E-state index contributed by atoms with van der Waals surface area (Å²) in [4.78, 5) is 2.33. The van der Waals surface area contributed by atoms with Gasteiger partial charge in [-0.1, -0.05) is 115 Å². The number of hydrogen-bond acceptors (Lipinski definition) is 3. The second-order valence-electron chi connectivity index (χ2n) is 12.5. The first-order valence-electron chi connectivity index (χ1n) is 16.4. The van der Waals surface area contributed by atoms with Gasteiger partial charge in [-0.15, -0.1) is 0 Å². The van der Waals surface area contributed by atoms with Gasteiger partial charge >= 0.3 is 0 Å². The molecule has 8 aromatic carbocycles. The molecule has 0 bridgehead atoms. The molecule has 0 amide bonds. The van der Waals surface area contributed by atoms with Crippen LogP contribution in [0.3, 0.4) is 0 Å². The van der Waals surface area contributed by atoms with Crippen LogP contribution in [0.5, 0.6) is 23.0 Å². The Balaban J connectivity index is 1.22. The van der Waals surface area contributed by atoms with Crippen LogP contribution in [0.25, 0.3) is 32.7 Å². The number of rotatable bonds is 4. The van der Waals surface area contributed by atoms with Gasteiger partial charge < -0.3 is 14.4 Å². The highest BCUT2D eigenvalue weighted by atomic mass is 16.5. The standard InChI is InChI=1S/C44H28BNO2/c1-3-14-33(15-4-1)46(34-16-5-2-6-17-34)38-28-42-43(36-19-10-9-18-35(36)38)45-37-27-32(31-23-22-29-12-7-8-13-30(29)26-31)24-25-39(37)47-40-20-11-21-41(48-42)44(40)45/h1-28H. The Morgan fingerprint density at radius 1 is 0.396 bits per heavy atom. The van der Waals surface area contributed by atoms with Gasteiger partial charge in [-0.3, -0.25) is 0 Å². The summed E-state index contributed by atoms with van der Waals surface area (Å²) in [5, 5.41) is 4.79. The van der Waals surface area contributed by atoms with E-state index in [1.54, 1.807) is 0 Å². The maximum Gasteiger partial charge on any atom is 0.261 e. The quantitative estimate of drug-likeness (QED) is 0.185. The van der Waals surface area contributed by atoms with Crippen molar-refractivity contribution < 1.29 is 9.47 Å². The molecule has 0 aliphatic carbocycles. The molecule has 0 saturated heterocycles. The van der Waals surface area contributed by atoms with E-state index in [4.69, 9.17) is 9.47 Å². The maximum atomic E-state index is 6.87. The van der Waals surface area contributed by atoms with Crippen LogP contribution in [0, 0.1) is 0 Å². The van der Waals surface area contributed by atoms with Crippen molar-refractivity contribution >= 4 is 61.7 Å². The first-order valence-corrected chi connectivity index (χ1v) is 16.4. The number of hydrogen-bond donors (Lipinski definition) is 0. The summed E-state index contributed by atoms with van der Waals surface area (Å²) in [5.41, 5.74) is 8.98. The van der Waals surface area contributed by atoms with E-state index >= 15 is 0 Å². The van der Waals surface area contributed by atoms with E-state index in [2.05, 4.69) is 169 Å². The second-order valence-corrected chi connectivity index (χ2v) is 12.5. The molecule has 4 heteroatoms. The zero-order valence-electron chi connectivity index (χ0n) is 26.0. The average Bonchev–Trinajstić information content (AvgIpc) is 3.15. The van der Waals surface area contributed by atoms with E-state index in [9.17, 15) is 0 Å². The molecular weight excluding hydrogens is 585 g/mol. The van der Waals surface area contributed by atoms with Crippen LogP contribution in [0.1, 0.15) is 0 Å². The van der Waals surface area contributed by atoms with E-state index in [1.807, 2.05) is 6.07 Å². The van der Waals surface area contributed by atoms with Crippen molar-refractivity contribution in [2.24, 2.45) is 0 Å². The molecule has 2 aliphatic rings. The fraction of sp³-hybridized carbons (Fsp3) is 0. The van der Waals surface area contributed by atoms with Gasteiger partial charge in [-0.2, -0.15) is 0 Å². The van der Waals surface area contributed by atoms with Crippen LogP contribution >= 0.6 is 0 Å². The zero-order chi connectivity index (χ0) is 31.6. The first-order chi connectivity index (χ1) is 23.8.